The zero-order valence-corrected chi connectivity index (χ0v) is 12.2. The summed E-state index contributed by atoms with van der Waals surface area (Å²) in [5, 5.41) is 11.8. The van der Waals surface area contributed by atoms with Gasteiger partial charge in [-0.2, -0.15) is 0 Å². The minimum atomic E-state index is -2.51. The van der Waals surface area contributed by atoms with Crippen molar-refractivity contribution in [2.45, 2.75) is 26.3 Å². The van der Waals surface area contributed by atoms with E-state index in [0.29, 0.717) is 18.5 Å². The third-order valence-electron chi connectivity index (χ3n) is 3.95. The maximum atomic E-state index is 12.4. The second-order valence-corrected chi connectivity index (χ2v) is 5.74. The van der Waals surface area contributed by atoms with Gasteiger partial charge in [0.1, 0.15) is 0 Å². The molecule has 1 atom stereocenters. The first kappa shape index (κ1) is 16.2. The van der Waals surface area contributed by atoms with Crippen LogP contribution in [0.1, 0.15) is 30.9 Å². The van der Waals surface area contributed by atoms with Crippen LogP contribution in [0.15, 0.2) is 24.3 Å². The fourth-order valence-corrected chi connectivity index (χ4v) is 2.38. The summed E-state index contributed by atoms with van der Waals surface area (Å²) >= 11 is 0. The number of carbonyl (C=O) groups excluding carboxylic acids is 1. The van der Waals surface area contributed by atoms with Crippen molar-refractivity contribution >= 4 is 12.0 Å². The van der Waals surface area contributed by atoms with E-state index in [-0.39, 0.29) is 24.7 Å². The number of alkyl halides is 2. The molecule has 1 aromatic carbocycles. The molecule has 22 heavy (non-hydrogen) atoms. The molecular formula is C15H18F2N2O3. The quantitative estimate of drug-likeness (QED) is 0.898. The maximum Gasteiger partial charge on any atom is 0.317 e. The number of nitrogens with one attached hydrogen (secondary N) is 1. The molecule has 7 heteroatoms. The zero-order chi connectivity index (χ0) is 16.3. The third kappa shape index (κ3) is 3.52. The Morgan fingerprint density at radius 3 is 2.50 bits per heavy atom. The van der Waals surface area contributed by atoms with Crippen LogP contribution in [0.25, 0.3) is 0 Å². The summed E-state index contributed by atoms with van der Waals surface area (Å²) in [7, 11) is 0. The van der Waals surface area contributed by atoms with Gasteiger partial charge < -0.3 is 15.3 Å². The summed E-state index contributed by atoms with van der Waals surface area (Å²) in [5.74, 6) is -0.912. The van der Waals surface area contributed by atoms with Crippen molar-refractivity contribution in [1.29, 1.82) is 0 Å². The first-order valence-electron chi connectivity index (χ1n) is 6.95. The summed E-state index contributed by atoms with van der Waals surface area (Å²) in [4.78, 5) is 24.6. The van der Waals surface area contributed by atoms with E-state index in [4.69, 9.17) is 5.11 Å². The molecule has 2 amide bonds. The topological polar surface area (TPSA) is 69.6 Å². The summed E-state index contributed by atoms with van der Waals surface area (Å²) in [5.41, 5.74) is -0.263. The highest BCUT2D eigenvalue weighted by molar-refractivity contribution is 5.79. The Kier molecular flexibility index (Phi) is 4.63. The lowest BCUT2D eigenvalue weighted by Gasteiger charge is -2.20. The molecule has 0 radical (unpaired) electrons. The molecule has 0 aliphatic carbocycles. The van der Waals surface area contributed by atoms with Gasteiger partial charge in [0.25, 0.3) is 6.43 Å². The van der Waals surface area contributed by atoms with E-state index in [1.54, 1.807) is 6.92 Å². The van der Waals surface area contributed by atoms with Gasteiger partial charge in [0.2, 0.25) is 0 Å². The summed E-state index contributed by atoms with van der Waals surface area (Å²) in [6, 6.07) is 5.37. The van der Waals surface area contributed by atoms with Gasteiger partial charge in [-0.3, -0.25) is 4.79 Å². The molecule has 2 N–H and O–H groups in total. The normalized spacial score (nSPS) is 21.2. The first-order chi connectivity index (χ1) is 10.3. The highest BCUT2D eigenvalue weighted by Crippen LogP contribution is 2.30. The monoisotopic (exact) mass is 312 g/mol. The lowest BCUT2D eigenvalue weighted by molar-refractivity contribution is -0.147. The molecule has 1 aromatic rings. The average molecular weight is 312 g/mol. The molecule has 120 valence electrons. The number of likely N-dealkylation sites (tertiary alicyclic amines) is 1. The Balaban J connectivity index is 1.87. The number of rotatable bonds is 4. The molecular weight excluding hydrogens is 294 g/mol. The van der Waals surface area contributed by atoms with Gasteiger partial charge in [-0.1, -0.05) is 24.3 Å². The van der Waals surface area contributed by atoms with Crippen molar-refractivity contribution in [3.05, 3.63) is 35.4 Å². The fourth-order valence-electron chi connectivity index (χ4n) is 2.38. The standard InChI is InChI=1S/C15H18F2N2O3/c1-15(13(20)21)6-7-19(9-15)14(22)18-8-10-2-4-11(5-3-10)12(16)17/h2-5,12H,6-9H2,1H3,(H,18,22)(H,20,21). The SMILES string of the molecule is CC1(C(=O)O)CCN(C(=O)NCc2ccc(C(F)F)cc2)C1. The second-order valence-electron chi connectivity index (χ2n) is 5.74. The molecule has 5 nitrogen and oxygen atoms in total. The van der Waals surface area contributed by atoms with E-state index in [0.717, 1.165) is 0 Å². The average Bonchev–Trinajstić information content (AvgIpc) is 2.89. The largest absolute Gasteiger partial charge is 0.481 e. The number of amides is 2. The number of benzene rings is 1. The van der Waals surface area contributed by atoms with E-state index in [1.165, 1.54) is 29.2 Å². The van der Waals surface area contributed by atoms with E-state index in [9.17, 15) is 18.4 Å². The number of hydrogen-bond acceptors (Lipinski definition) is 2. The fraction of sp³-hybridized carbons (Fsp3) is 0.467. The number of carboxylic acid groups (broad SMARTS) is 1. The van der Waals surface area contributed by atoms with E-state index in [1.807, 2.05) is 0 Å². The summed E-state index contributed by atoms with van der Waals surface area (Å²) in [6.07, 6.45) is -2.10. The Bertz CT molecular complexity index is 562. The highest BCUT2D eigenvalue weighted by atomic mass is 19.3. The van der Waals surface area contributed by atoms with Crippen LogP contribution in [0.2, 0.25) is 0 Å². The van der Waals surface area contributed by atoms with Crippen LogP contribution in [-0.2, 0) is 11.3 Å². The predicted molar refractivity (Wildman–Crippen MR) is 75.6 cm³/mol. The maximum absolute atomic E-state index is 12.4. The lowest BCUT2D eigenvalue weighted by atomic mass is 9.90. The Morgan fingerprint density at radius 2 is 2.00 bits per heavy atom. The van der Waals surface area contributed by atoms with E-state index >= 15 is 0 Å². The van der Waals surface area contributed by atoms with Gasteiger partial charge in [0.15, 0.2) is 0 Å². The van der Waals surface area contributed by atoms with Crippen LogP contribution >= 0.6 is 0 Å². The number of carboxylic acids is 1. The number of urea groups is 1. The molecule has 0 bridgehead atoms. The van der Waals surface area contributed by atoms with Crippen molar-refractivity contribution < 1.29 is 23.5 Å². The van der Waals surface area contributed by atoms with Crippen LogP contribution in [0, 0.1) is 5.41 Å². The number of hydrogen-bond donors (Lipinski definition) is 2. The van der Waals surface area contributed by atoms with Gasteiger partial charge >= 0.3 is 12.0 Å². The molecule has 1 fully saturated rings. The molecule has 1 heterocycles. The molecule has 0 aromatic heterocycles. The molecule has 2 rings (SSSR count). The molecule has 1 aliphatic heterocycles. The second kappa shape index (κ2) is 6.29. The summed E-state index contributed by atoms with van der Waals surface area (Å²) < 4.78 is 24.9. The minimum Gasteiger partial charge on any atom is -0.481 e. The Labute approximate surface area is 126 Å². The lowest BCUT2D eigenvalue weighted by Crippen LogP contribution is -2.40. The predicted octanol–water partition coefficient (Wildman–Crippen LogP) is 2.63. The first-order valence-corrected chi connectivity index (χ1v) is 6.95. The molecule has 0 saturated carbocycles. The zero-order valence-electron chi connectivity index (χ0n) is 12.2. The van der Waals surface area contributed by atoms with Crippen molar-refractivity contribution in [2.75, 3.05) is 13.1 Å². The van der Waals surface area contributed by atoms with Crippen molar-refractivity contribution in [3.63, 3.8) is 0 Å². The van der Waals surface area contributed by atoms with Gasteiger partial charge in [0, 0.05) is 25.2 Å². The van der Waals surface area contributed by atoms with Crippen molar-refractivity contribution in [2.24, 2.45) is 5.41 Å². The van der Waals surface area contributed by atoms with Gasteiger partial charge in [0.05, 0.1) is 5.41 Å². The Morgan fingerprint density at radius 1 is 1.36 bits per heavy atom. The molecule has 0 spiro atoms. The highest BCUT2D eigenvalue weighted by Gasteiger charge is 2.42. The molecule has 1 aliphatic rings. The smallest absolute Gasteiger partial charge is 0.317 e. The summed E-state index contributed by atoms with van der Waals surface area (Å²) in [6.45, 7) is 2.38. The molecule has 1 unspecified atom stereocenters. The number of aliphatic carboxylic acids is 1. The van der Waals surface area contributed by atoms with Crippen LogP contribution < -0.4 is 5.32 Å². The van der Waals surface area contributed by atoms with Crippen LogP contribution in [-0.4, -0.2) is 35.1 Å². The number of nitrogens with zero attached hydrogens (tertiary/aromatic N) is 1. The molecule has 1 saturated heterocycles. The van der Waals surface area contributed by atoms with E-state index < -0.39 is 17.8 Å². The number of carbonyl (C=O) groups is 2. The Hall–Kier alpha value is -2.18. The van der Waals surface area contributed by atoms with Gasteiger partial charge in [-0.25, -0.2) is 13.6 Å². The van der Waals surface area contributed by atoms with Crippen molar-refractivity contribution in [3.8, 4) is 0 Å². The third-order valence-corrected chi connectivity index (χ3v) is 3.95. The minimum absolute atomic E-state index is 0.0631. The number of halogens is 2. The van der Waals surface area contributed by atoms with Crippen LogP contribution in [0.3, 0.4) is 0 Å². The van der Waals surface area contributed by atoms with Crippen LogP contribution in [0.5, 0.6) is 0 Å². The van der Waals surface area contributed by atoms with Gasteiger partial charge in [-0.15, -0.1) is 0 Å². The van der Waals surface area contributed by atoms with Crippen LogP contribution in [0.4, 0.5) is 13.6 Å². The van der Waals surface area contributed by atoms with Gasteiger partial charge in [-0.05, 0) is 18.9 Å². The van der Waals surface area contributed by atoms with Crippen molar-refractivity contribution in [1.82, 2.24) is 10.2 Å². The van der Waals surface area contributed by atoms with E-state index in [2.05, 4.69) is 5.32 Å².